The predicted molar refractivity (Wildman–Crippen MR) is 138 cm³/mol. The molecule has 1 N–H and O–H groups in total. The molecule has 9 heteroatoms. The van der Waals surface area contributed by atoms with Crippen molar-refractivity contribution >= 4 is 12.0 Å². The fraction of sp³-hybridized carbons (Fsp3) is 0.233. The number of carbonyl (C=O) groups is 1. The molecule has 2 heterocycles. The maximum absolute atomic E-state index is 15.0. The van der Waals surface area contributed by atoms with Gasteiger partial charge in [0, 0.05) is 37.3 Å². The summed E-state index contributed by atoms with van der Waals surface area (Å²) < 4.78 is 67.8. The highest BCUT2D eigenvalue weighted by Crippen LogP contribution is 2.38. The average molecular weight is 540 g/mol. The lowest BCUT2D eigenvalue weighted by molar-refractivity contribution is -0.137. The minimum absolute atomic E-state index is 0.0717. The number of rotatable bonds is 7. The molecule has 5 nitrogen and oxygen atoms in total. The van der Waals surface area contributed by atoms with E-state index in [1.165, 1.54) is 18.2 Å². The third-order valence-electron chi connectivity index (χ3n) is 6.64. The molecule has 2 aliphatic rings. The molecular formula is C30H25F4NO4. The van der Waals surface area contributed by atoms with Gasteiger partial charge in [0.15, 0.2) is 0 Å². The molecule has 202 valence electrons. The SMILES string of the molecule is O=C(O)C1=CCCN(CC2=Cc3c(F)cc(OCc4ccc(-c5ccccc5)c(C(F)(F)F)c4)cc3OC2)C1. The fourth-order valence-corrected chi connectivity index (χ4v) is 4.75. The van der Waals surface area contributed by atoms with Crippen LogP contribution in [0.1, 0.15) is 23.1 Å². The zero-order valence-corrected chi connectivity index (χ0v) is 20.8. The summed E-state index contributed by atoms with van der Waals surface area (Å²) in [7, 11) is 0. The van der Waals surface area contributed by atoms with Gasteiger partial charge in [0.25, 0.3) is 0 Å². The van der Waals surface area contributed by atoms with Gasteiger partial charge in [-0.3, -0.25) is 4.90 Å². The Morgan fingerprint density at radius 2 is 1.87 bits per heavy atom. The lowest BCUT2D eigenvalue weighted by Gasteiger charge is -2.28. The number of nitrogens with zero attached hydrogens (tertiary/aromatic N) is 1. The summed E-state index contributed by atoms with van der Waals surface area (Å²) in [4.78, 5) is 13.2. The number of alkyl halides is 3. The number of hydrogen-bond acceptors (Lipinski definition) is 4. The average Bonchev–Trinajstić information content (AvgIpc) is 2.92. The summed E-state index contributed by atoms with van der Waals surface area (Å²) in [6.45, 7) is 1.46. The second-order valence-electron chi connectivity index (χ2n) is 9.47. The largest absolute Gasteiger partial charge is 0.489 e. The van der Waals surface area contributed by atoms with Gasteiger partial charge in [0.05, 0.1) is 11.1 Å². The van der Waals surface area contributed by atoms with Crippen LogP contribution in [0.4, 0.5) is 17.6 Å². The highest BCUT2D eigenvalue weighted by molar-refractivity contribution is 5.87. The van der Waals surface area contributed by atoms with Gasteiger partial charge in [0.1, 0.15) is 30.5 Å². The molecule has 0 atom stereocenters. The Labute approximate surface area is 222 Å². The molecule has 0 fully saturated rings. The number of ether oxygens (including phenoxy) is 2. The monoisotopic (exact) mass is 539 g/mol. The molecule has 0 radical (unpaired) electrons. The van der Waals surface area contributed by atoms with Crippen LogP contribution in [0.15, 0.2) is 77.9 Å². The molecule has 0 unspecified atom stereocenters. The Kier molecular flexibility index (Phi) is 7.43. The van der Waals surface area contributed by atoms with Crippen LogP contribution >= 0.6 is 0 Å². The minimum Gasteiger partial charge on any atom is -0.489 e. The van der Waals surface area contributed by atoms with Crippen molar-refractivity contribution in [3.05, 3.63) is 100 Å². The molecule has 0 bridgehead atoms. The van der Waals surface area contributed by atoms with Gasteiger partial charge >= 0.3 is 12.1 Å². The molecule has 5 rings (SSSR count). The number of benzene rings is 3. The zero-order valence-electron chi connectivity index (χ0n) is 20.8. The Bertz CT molecular complexity index is 1450. The third kappa shape index (κ3) is 6.15. The van der Waals surface area contributed by atoms with E-state index in [2.05, 4.69) is 0 Å². The van der Waals surface area contributed by atoms with E-state index < -0.39 is 23.5 Å². The number of fused-ring (bicyclic) bond motifs is 1. The zero-order chi connectivity index (χ0) is 27.6. The van der Waals surface area contributed by atoms with E-state index in [0.29, 0.717) is 42.8 Å². The maximum atomic E-state index is 15.0. The van der Waals surface area contributed by atoms with Crippen LogP contribution < -0.4 is 9.47 Å². The first kappa shape index (κ1) is 26.5. The Morgan fingerprint density at radius 3 is 2.62 bits per heavy atom. The van der Waals surface area contributed by atoms with E-state index in [4.69, 9.17) is 9.47 Å². The number of halogens is 4. The number of aliphatic carboxylic acids is 1. The van der Waals surface area contributed by atoms with Crippen molar-refractivity contribution in [2.75, 3.05) is 26.2 Å². The van der Waals surface area contributed by atoms with Crippen molar-refractivity contribution in [2.45, 2.75) is 19.2 Å². The summed E-state index contributed by atoms with van der Waals surface area (Å²) in [5.41, 5.74) is 1.44. The van der Waals surface area contributed by atoms with Crippen molar-refractivity contribution in [1.82, 2.24) is 4.90 Å². The van der Waals surface area contributed by atoms with Gasteiger partial charge in [-0.25, -0.2) is 9.18 Å². The van der Waals surface area contributed by atoms with E-state index in [-0.39, 0.29) is 35.8 Å². The Balaban J connectivity index is 1.29. The lowest BCUT2D eigenvalue weighted by atomic mass is 9.97. The molecule has 3 aromatic carbocycles. The van der Waals surface area contributed by atoms with Crippen LogP contribution in [0.5, 0.6) is 11.5 Å². The molecule has 0 saturated carbocycles. The van der Waals surface area contributed by atoms with E-state index in [1.807, 2.05) is 4.90 Å². The fourth-order valence-electron chi connectivity index (χ4n) is 4.75. The second-order valence-corrected chi connectivity index (χ2v) is 9.47. The number of carboxylic acids is 1. The van der Waals surface area contributed by atoms with Crippen LogP contribution in [0.2, 0.25) is 0 Å². The van der Waals surface area contributed by atoms with E-state index in [1.54, 1.807) is 48.6 Å². The minimum atomic E-state index is -4.56. The van der Waals surface area contributed by atoms with Gasteiger partial charge in [-0.15, -0.1) is 0 Å². The van der Waals surface area contributed by atoms with Gasteiger partial charge in [-0.1, -0.05) is 48.5 Å². The standard InChI is InChI=1S/C30H25F4NO4/c31-27-13-23(14-28-25(27)11-20(18-39-28)15-35-10-4-7-22(16-35)29(36)37)38-17-19-8-9-24(21-5-2-1-3-6-21)26(12-19)30(32,33)34/h1-3,5-9,11-14H,4,10,15-18H2,(H,36,37). The maximum Gasteiger partial charge on any atom is 0.417 e. The molecule has 2 aliphatic heterocycles. The van der Waals surface area contributed by atoms with E-state index >= 15 is 0 Å². The lowest BCUT2D eigenvalue weighted by Crippen LogP contribution is -2.35. The summed E-state index contributed by atoms with van der Waals surface area (Å²) >= 11 is 0. The van der Waals surface area contributed by atoms with Crippen LogP contribution in [0.25, 0.3) is 17.2 Å². The molecule has 0 saturated heterocycles. The molecule has 0 aliphatic carbocycles. The van der Waals surface area contributed by atoms with Gasteiger partial charge < -0.3 is 14.6 Å². The summed E-state index contributed by atoms with van der Waals surface area (Å²) in [6, 6.07) is 15.0. The van der Waals surface area contributed by atoms with Crippen molar-refractivity contribution in [3.63, 3.8) is 0 Å². The summed E-state index contributed by atoms with van der Waals surface area (Å²) in [5, 5.41) is 9.23. The van der Waals surface area contributed by atoms with Crippen molar-refractivity contribution in [2.24, 2.45) is 0 Å². The summed E-state index contributed by atoms with van der Waals surface area (Å²) in [5.74, 6) is -1.12. The highest BCUT2D eigenvalue weighted by atomic mass is 19.4. The first-order valence-electron chi connectivity index (χ1n) is 12.4. The smallest absolute Gasteiger partial charge is 0.417 e. The van der Waals surface area contributed by atoms with Gasteiger partial charge in [-0.05, 0) is 40.8 Å². The van der Waals surface area contributed by atoms with Crippen LogP contribution in [0, 0.1) is 5.82 Å². The second kappa shape index (κ2) is 10.9. The quantitative estimate of drug-likeness (QED) is 0.344. The first-order chi connectivity index (χ1) is 18.7. The van der Waals surface area contributed by atoms with Crippen LogP contribution in [-0.2, 0) is 17.6 Å². The molecular weight excluding hydrogens is 514 g/mol. The Hall–Kier alpha value is -4.11. The van der Waals surface area contributed by atoms with E-state index in [9.17, 15) is 27.5 Å². The van der Waals surface area contributed by atoms with E-state index in [0.717, 1.165) is 11.6 Å². The van der Waals surface area contributed by atoms with Gasteiger partial charge in [0.2, 0.25) is 0 Å². The summed E-state index contributed by atoms with van der Waals surface area (Å²) in [6.07, 6.45) is -0.533. The topological polar surface area (TPSA) is 59.0 Å². The van der Waals surface area contributed by atoms with Crippen LogP contribution in [-0.4, -0.2) is 42.2 Å². The van der Waals surface area contributed by atoms with Crippen LogP contribution in [0.3, 0.4) is 0 Å². The highest BCUT2D eigenvalue weighted by Gasteiger charge is 2.34. The first-order valence-corrected chi connectivity index (χ1v) is 12.4. The molecule has 3 aromatic rings. The number of carboxylic acid groups (broad SMARTS) is 1. The van der Waals surface area contributed by atoms with Gasteiger partial charge in [-0.2, -0.15) is 13.2 Å². The molecule has 0 aromatic heterocycles. The molecule has 0 spiro atoms. The van der Waals surface area contributed by atoms with Crippen molar-refractivity contribution in [1.29, 1.82) is 0 Å². The van der Waals surface area contributed by atoms with Crippen molar-refractivity contribution in [3.8, 4) is 22.6 Å². The third-order valence-corrected chi connectivity index (χ3v) is 6.64. The number of hydrogen-bond donors (Lipinski definition) is 1. The molecule has 0 amide bonds. The Morgan fingerprint density at radius 1 is 1.08 bits per heavy atom. The molecule has 39 heavy (non-hydrogen) atoms. The predicted octanol–water partition coefficient (Wildman–Crippen LogP) is 6.58. The normalized spacial score (nSPS) is 15.6. The van der Waals surface area contributed by atoms with Crippen molar-refractivity contribution < 1.29 is 36.9 Å².